The van der Waals surface area contributed by atoms with Crippen LogP contribution < -0.4 is 4.90 Å². The number of nitrogens with zero attached hydrogens (tertiary/aromatic N) is 4. The minimum Gasteiger partial charge on any atom is -0.479 e. The number of piperidine rings is 1. The van der Waals surface area contributed by atoms with Gasteiger partial charge in [-0.05, 0) is 89.0 Å². The van der Waals surface area contributed by atoms with Crippen molar-refractivity contribution in [3.8, 4) is 11.1 Å². The van der Waals surface area contributed by atoms with E-state index in [1.807, 2.05) is 34.6 Å². The van der Waals surface area contributed by atoms with Crippen LogP contribution in [0.25, 0.3) is 11.1 Å². The molecule has 2 aliphatic heterocycles. The van der Waals surface area contributed by atoms with Gasteiger partial charge in [-0.3, -0.25) is 15.0 Å². The number of rotatable bonds is 7. The molecule has 2 aliphatic rings. The van der Waals surface area contributed by atoms with Gasteiger partial charge in [-0.2, -0.15) is 5.10 Å². The molecule has 4 heterocycles. The summed E-state index contributed by atoms with van der Waals surface area (Å²) in [6.07, 6.45) is 1.93. The molecular weight excluding hydrogens is 526 g/mol. The molecule has 0 radical (unpaired) electrons. The highest BCUT2D eigenvalue weighted by atomic mass is 16.5. The van der Waals surface area contributed by atoms with Crippen molar-refractivity contribution in [1.29, 1.82) is 0 Å². The molecule has 2 aromatic heterocycles. The quantitative estimate of drug-likeness (QED) is 0.332. The third kappa shape index (κ3) is 6.55. The maximum atomic E-state index is 12.8. The van der Waals surface area contributed by atoms with E-state index in [2.05, 4.69) is 65.0 Å². The van der Waals surface area contributed by atoms with E-state index in [-0.39, 0.29) is 5.41 Å². The SMILES string of the molecule is Cc1cc(CN2CCc3cc(-c4c(C)nc(C)c([C@H](OC(C)(C)C)C(=O)O)c4N4CCC(C)(C)CC4)ccc3C2)[nH]n1. The molecule has 0 bridgehead atoms. The lowest BCUT2D eigenvalue weighted by Crippen LogP contribution is -2.39. The second-order valence-electron chi connectivity index (χ2n) is 14.0. The Labute approximate surface area is 250 Å². The van der Waals surface area contributed by atoms with Crippen molar-refractivity contribution in [1.82, 2.24) is 20.1 Å². The summed E-state index contributed by atoms with van der Waals surface area (Å²) >= 11 is 0. The van der Waals surface area contributed by atoms with Gasteiger partial charge in [0, 0.05) is 60.9 Å². The maximum Gasteiger partial charge on any atom is 0.337 e. The molecule has 0 unspecified atom stereocenters. The molecule has 226 valence electrons. The minimum absolute atomic E-state index is 0.259. The molecule has 1 atom stereocenters. The van der Waals surface area contributed by atoms with Gasteiger partial charge in [0.1, 0.15) is 0 Å². The summed E-state index contributed by atoms with van der Waals surface area (Å²) in [6.45, 7) is 20.8. The zero-order valence-electron chi connectivity index (χ0n) is 26.6. The van der Waals surface area contributed by atoms with Crippen molar-refractivity contribution in [2.24, 2.45) is 5.41 Å². The van der Waals surface area contributed by atoms with Crippen LogP contribution in [-0.4, -0.2) is 56.4 Å². The average molecular weight is 574 g/mol. The summed E-state index contributed by atoms with van der Waals surface area (Å²) in [5, 5.41) is 17.9. The zero-order chi connectivity index (χ0) is 30.4. The second kappa shape index (κ2) is 11.5. The summed E-state index contributed by atoms with van der Waals surface area (Å²) in [5.41, 5.74) is 9.87. The number of ether oxygens (including phenoxy) is 1. The van der Waals surface area contributed by atoms with Crippen LogP contribution in [0, 0.1) is 26.2 Å². The van der Waals surface area contributed by atoms with E-state index >= 15 is 0 Å². The van der Waals surface area contributed by atoms with Crippen LogP contribution in [0.2, 0.25) is 0 Å². The number of aliphatic carboxylic acids is 1. The van der Waals surface area contributed by atoms with E-state index in [1.54, 1.807) is 0 Å². The Morgan fingerprint density at radius 3 is 2.40 bits per heavy atom. The average Bonchev–Trinajstić information content (AvgIpc) is 3.30. The number of benzene rings is 1. The molecule has 8 heteroatoms. The molecule has 8 nitrogen and oxygen atoms in total. The maximum absolute atomic E-state index is 12.8. The number of aromatic nitrogens is 3. The van der Waals surface area contributed by atoms with Gasteiger partial charge in [0.2, 0.25) is 0 Å². The van der Waals surface area contributed by atoms with E-state index < -0.39 is 17.7 Å². The summed E-state index contributed by atoms with van der Waals surface area (Å²) in [5.74, 6) is -0.985. The van der Waals surface area contributed by atoms with Gasteiger partial charge >= 0.3 is 5.97 Å². The fraction of sp³-hybridized carbons (Fsp3) is 0.559. The molecule has 1 fully saturated rings. The number of fused-ring (bicyclic) bond motifs is 1. The molecule has 2 N–H and O–H groups in total. The van der Waals surface area contributed by atoms with Gasteiger partial charge in [0.15, 0.2) is 6.10 Å². The third-order valence-electron chi connectivity index (χ3n) is 8.71. The molecule has 3 aromatic rings. The largest absolute Gasteiger partial charge is 0.479 e. The number of hydrogen-bond donors (Lipinski definition) is 2. The summed E-state index contributed by atoms with van der Waals surface area (Å²) < 4.78 is 6.24. The Hall–Kier alpha value is -3.23. The third-order valence-corrected chi connectivity index (χ3v) is 8.71. The van der Waals surface area contributed by atoms with Crippen molar-refractivity contribution in [2.45, 2.75) is 99.4 Å². The van der Waals surface area contributed by atoms with E-state index in [4.69, 9.17) is 9.72 Å². The highest BCUT2D eigenvalue weighted by molar-refractivity contribution is 5.88. The van der Waals surface area contributed by atoms with Gasteiger partial charge in [-0.25, -0.2) is 4.79 Å². The number of anilines is 1. The van der Waals surface area contributed by atoms with Crippen LogP contribution in [0.3, 0.4) is 0 Å². The normalized spacial score (nSPS) is 18.1. The van der Waals surface area contributed by atoms with Crippen molar-refractivity contribution in [3.05, 3.63) is 63.7 Å². The molecule has 0 spiro atoms. The fourth-order valence-corrected chi connectivity index (χ4v) is 6.46. The minimum atomic E-state index is -1.11. The van der Waals surface area contributed by atoms with Crippen LogP contribution in [-0.2, 0) is 29.0 Å². The second-order valence-corrected chi connectivity index (χ2v) is 14.0. The van der Waals surface area contributed by atoms with E-state index in [0.29, 0.717) is 5.56 Å². The van der Waals surface area contributed by atoms with E-state index in [1.165, 1.54) is 11.1 Å². The molecule has 0 aliphatic carbocycles. The van der Waals surface area contributed by atoms with Crippen LogP contribution in [0.4, 0.5) is 5.69 Å². The molecular formula is C34H47N5O3. The van der Waals surface area contributed by atoms with Gasteiger partial charge in [-0.15, -0.1) is 0 Å². The van der Waals surface area contributed by atoms with Crippen molar-refractivity contribution >= 4 is 11.7 Å². The Kier molecular flexibility index (Phi) is 8.25. The number of H-pyrrole nitrogens is 1. The number of aromatic amines is 1. The molecule has 0 amide bonds. The highest BCUT2D eigenvalue weighted by Crippen LogP contribution is 2.45. The number of carboxylic acid groups (broad SMARTS) is 1. The van der Waals surface area contributed by atoms with Crippen LogP contribution in [0.5, 0.6) is 0 Å². The molecule has 5 rings (SSSR count). The van der Waals surface area contributed by atoms with Gasteiger partial charge in [-0.1, -0.05) is 32.0 Å². The van der Waals surface area contributed by atoms with Crippen LogP contribution >= 0.6 is 0 Å². The van der Waals surface area contributed by atoms with Crippen LogP contribution in [0.1, 0.15) is 93.0 Å². The highest BCUT2D eigenvalue weighted by Gasteiger charge is 2.36. The van der Waals surface area contributed by atoms with E-state index in [0.717, 1.165) is 91.6 Å². The van der Waals surface area contributed by atoms with Gasteiger partial charge < -0.3 is 14.7 Å². The van der Waals surface area contributed by atoms with Crippen molar-refractivity contribution in [3.63, 3.8) is 0 Å². The first-order valence-corrected chi connectivity index (χ1v) is 15.2. The van der Waals surface area contributed by atoms with E-state index in [9.17, 15) is 9.90 Å². The smallest absolute Gasteiger partial charge is 0.337 e. The number of carbonyl (C=O) groups is 1. The topological polar surface area (TPSA) is 94.6 Å². The Morgan fingerprint density at radius 1 is 1.07 bits per heavy atom. The first-order valence-electron chi connectivity index (χ1n) is 15.2. The molecule has 42 heavy (non-hydrogen) atoms. The lowest BCUT2D eigenvalue weighted by atomic mass is 9.81. The number of aryl methyl sites for hydroxylation is 3. The zero-order valence-corrected chi connectivity index (χ0v) is 26.6. The summed E-state index contributed by atoms with van der Waals surface area (Å²) in [6, 6.07) is 8.87. The Bertz CT molecular complexity index is 1460. The number of hydrogen-bond acceptors (Lipinski definition) is 6. The van der Waals surface area contributed by atoms with Crippen molar-refractivity contribution < 1.29 is 14.6 Å². The molecule has 0 saturated carbocycles. The standard InChI is InChI=1S/C34H47N5O3/c1-21-17-27(37-36-21)20-38-14-11-24-18-25(9-10-26(24)19-38)28-22(2)35-23(3)29(31(32(40)41)42-33(4,5)6)30(28)39-15-12-34(7,8)13-16-39/h9-10,17-18,31H,11-16,19-20H2,1-8H3,(H,36,37)(H,40,41)/t31-/m0/s1. The number of pyridine rings is 1. The lowest BCUT2D eigenvalue weighted by molar-refractivity contribution is -0.160. The predicted molar refractivity (Wildman–Crippen MR) is 167 cm³/mol. The van der Waals surface area contributed by atoms with Crippen LogP contribution in [0.15, 0.2) is 24.3 Å². The van der Waals surface area contributed by atoms with Crippen molar-refractivity contribution in [2.75, 3.05) is 24.5 Å². The first-order chi connectivity index (χ1) is 19.7. The lowest BCUT2D eigenvalue weighted by Gasteiger charge is -2.41. The number of nitrogens with one attached hydrogen (secondary N) is 1. The Morgan fingerprint density at radius 2 is 1.79 bits per heavy atom. The first kappa shape index (κ1) is 30.2. The van der Waals surface area contributed by atoms with Gasteiger partial charge in [0.05, 0.1) is 17.0 Å². The molecule has 1 saturated heterocycles. The number of carboxylic acids is 1. The summed E-state index contributed by atoms with van der Waals surface area (Å²) in [4.78, 5) is 22.6. The monoisotopic (exact) mass is 573 g/mol. The van der Waals surface area contributed by atoms with Gasteiger partial charge in [0.25, 0.3) is 0 Å². The Balaban J connectivity index is 1.58. The predicted octanol–water partition coefficient (Wildman–Crippen LogP) is 6.52. The summed E-state index contributed by atoms with van der Waals surface area (Å²) in [7, 11) is 0. The fourth-order valence-electron chi connectivity index (χ4n) is 6.46. The molecule has 1 aromatic carbocycles.